The van der Waals surface area contributed by atoms with E-state index in [0.717, 1.165) is 31.4 Å². The zero-order chi connectivity index (χ0) is 15.5. The van der Waals surface area contributed by atoms with Gasteiger partial charge in [-0.3, -0.25) is 9.78 Å². The first-order valence-electron chi connectivity index (χ1n) is 7.60. The molecule has 1 amide bonds. The Balaban J connectivity index is 1.82. The van der Waals surface area contributed by atoms with Crippen LogP contribution in [0.2, 0.25) is 0 Å². The van der Waals surface area contributed by atoms with Gasteiger partial charge in [-0.05, 0) is 38.3 Å². The predicted octanol–water partition coefficient (Wildman–Crippen LogP) is 2.08. The molecule has 0 aromatic carbocycles. The molecule has 22 heavy (non-hydrogen) atoms. The van der Waals surface area contributed by atoms with Crippen LogP contribution in [0.25, 0.3) is 11.3 Å². The molecule has 0 saturated carbocycles. The largest absolute Gasteiger partial charge is 0.355 e. The number of hydrogen-bond acceptors (Lipinski definition) is 5. The summed E-state index contributed by atoms with van der Waals surface area (Å²) in [4.78, 5) is 18.5. The molecule has 3 rings (SSSR count). The van der Waals surface area contributed by atoms with Crippen molar-refractivity contribution in [2.75, 3.05) is 6.54 Å². The van der Waals surface area contributed by atoms with Gasteiger partial charge in [0.15, 0.2) is 11.5 Å². The van der Waals surface area contributed by atoms with Crippen LogP contribution in [0, 0.1) is 0 Å². The number of pyridine rings is 1. The van der Waals surface area contributed by atoms with Crippen LogP contribution >= 0.6 is 0 Å². The number of nitrogens with two attached hydrogens (primary N) is 1. The van der Waals surface area contributed by atoms with Gasteiger partial charge < -0.3 is 15.2 Å². The van der Waals surface area contributed by atoms with Crippen LogP contribution in [0.4, 0.5) is 0 Å². The van der Waals surface area contributed by atoms with E-state index in [1.54, 1.807) is 18.5 Å². The number of amides is 1. The summed E-state index contributed by atoms with van der Waals surface area (Å²) in [6, 6.07) is 5.35. The molecule has 6 heteroatoms. The zero-order valence-corrected chi connectivity index (χ0v) is 12.6. The van der Waals surface area contributed by atoms with Gasteiger partial charge in [0, 0.05) is 42.7 Å². The van der Waals surface area contributed by atoms with Crippen molar-refractivity contribution in [3.63, 3.8) is 0 Å². The van der Waals surface area contributed by atoms with Gasteiger partial charge in [-0.25, -0.2) is 0 Å². The molecule has 0 unspecified atom stereocenters. The first-order chi connectivity index (χ1) is 10.7. The highest BCUT2D eigenvalue weighted by molar-refractivity contribution is 5.93. The van der Waals surface area contributed by atoms with Crippen LogP contribution in [-0.4, -0.2) is 39.6 Å². The van der Waals surface area contributed by atoms with E-state index >= 15 is 0 Å². The number of aromatic nitrogens is 2. The summed E-state index contributed by atoms with van der Waals surface area (Å²) in [7, 11) is 0. The van der Waals surface area contributed by atoms with Crippen LogP contribution in [0.5, 0.6) is 0 Å². The normalized spacial score (nSPS) is 19.9. The summed E-state index contributed by atoms with van der Waals surface area (Å²) in [5, 5.41) is 3.93. The monoisotopic (exact) mass is 300 g/mol. The highest BCUT2D eigenvalue weighted by Gasteiger charge is 2.31. The molecule has 0 aliphatic carbocycles. The predicted molar refractivity (Wildman–Crippen MR) is 82.1 cm³/mol. The van der Waals surface area contributed by atoms with E-state index in [0.29, 0.717) is 11.5 Å². The lowest BCUT2D eigenvalue weighted by Gasteiger charge is -2.37. The molecule has 2 aromatic rings. The Morgan fingerprint density at radius 1 is 1.41 bits per heavy atom. The fourth-order valence-corrected chi connectivity index (χ4v) is 2.93. The molecule has 2 atom stereocenters. The fraction of sp³-hybridized carbons (Fsp3) is 0.438. The van der Waals surface area contributed by atoms with Crippen LogP contribution in [0.3, 0.4) is 0 Å². The molecule has 3 heterocycles. The van der Waals surface area contributed by atoms with Gasteiger partial charge in [-0.2, -0.15) is 0 Å². The lowest BCUT2D eigenvalue weighted by molar-refractivity contribution is 0.0573. The van der Waals surface area contributed by atoms with E-state index in [1.165, 1.54) is 0 Å². The average molecular weight is 300 g/mol. The topological polar surface area (TPSA) is 85.2 Å². The molecular weight excluding hydrogens is 280 g/mol. The molecule has 1 saturated heterocycles. The minimum Gasteiger partial charge on any atom is -0.355 e. The van der Waals surface area contributed by atoms with Gasteiger partial charge in [0.2, 0.25) is 0 Å². The van der Waals surface area contributed by atoms with E-state index in [4.69, 9.17) is 10.3 Å². The van der Waals surface area contributed by atoms with Crippen molar-refractivity contribution in [1.82, 2.24) is 15.0 Å². The second kappa shape index (κ2) is 6.27. The maximum absolute atomic E-state index is 12.7. The van der Waals surface area contributed by atoms with Crippen molar-refractivity contribution in [2.45, 2.75) is 38.3 Å². The molecule has 2 aromatic heterocycles. The van der Waals surface area contributed by atoms with Crippen LogP contribution in [-0.2, 0) is 0 Å². The molecule has 1 aliphatic heterocycles. The van der Waals surface area contributed by atoms with Crippen molar-refractivity contribution < 1.29 is 9.32 Å². The SMILES string of the molecule is C[C@@H](N)[C@H]1CCCCN1C(=O)c1cc(-c2ccncc2)on1. The molecule has 1 aliphatic rings. The molecule has 6 nitrogen and oxygen atoms in total. The Labute approximate surface area is 129 Å². The third-order valence-electron chi connectivity index (χ3n) is 4.11. The first kappa shape index (κ1) is 14.7. The third-order valence-corrected chi connectivity index (χ3v) is 4.11. The highest BCUT2D eigenvalue weighted by Crippen LogP contribution is 2.24. The quantitative estimate of drug-likeness (QED) is 0.938. The van der Waals surface area contributed by atoms with E-state index in [9.17, 15) is 4.79 Å². The van der Waals surface area contributed by atoms with Gasteiger partial charge in [-0.15, -0.1) is 0 Å². The first-order valence-corrected chi connectivity index (χ1v) is 7.60. The molecule has 2 N–H and O–H groups in total. The minimum absolute atomic E-state index is 0.0455. The lowest BCUT2D eigenvalue weighted by atomic mass is 9.96. The third kappa shape index (κ3) is 2.87. The van der Waals surface area contributed by atoms with Gasteiger partial charge in [-0.1, -0.05) is 5.16 Å². The molecule has 0 bridgehead atoms. The standard InChI is InChI=1S/C16H20N4O2/c1-11(17)14-4-2-3-9-20(14)16(21)13-10-15(22-19-13)12-5-7-18-8-6-12/h5-8,10-11,14H,2-4,9,17H2,1H3/t11-,14-/m1/s1. The van der Waals surface area contributed by atoms with Gasteiger partial charge in [0.1, 0.15) is 0 Å². The molecule has 116 valence electrons. The Morgan fingerprint density at radius 2 is 2.18 bits per heavy atom. The van der Waals surface area contributed by atoms with E-state index in [1.807, 2.05) is 24.0 Å². The van der Waals surface area contributed by atoms with E-state index < -0.39 is 0 Å². The number of likely N-dealkylation sites (tertiary alicyclic amines) is 1. The summed E-state index contributed by atoms with van der Waals surface area (Å²) in [5.41, 5.74) is 7.21. The van der Waals surface area contributed by atoms with Gasteiger partial charge in [0.25, 0.3) is 5.91 Å². The second-order valence-corrected chi connectivity index (χ2v) is 5.73. The zero-order valence-electron chi connectivity index (χ0n) is 12.6. The van der Waals surface area contributed by atoms with Crippen LogP contribution in [0.15, 0.2) is 35.1 Å². The Hall–Kier alpha value is -2.21. The van der Waals surface area contributed by atoms with Crippen molar-refractivity contribution in [3.05, 3.63) is 36.3 Å². The van der Waals surface area contributed by atoms with Gasteiger partial charge in [0.05, 0.1) is 0 Å². The Bertz CT molecular complexity index is 639. The van der Waals surface area contributed by atoms with Gasteiger partial charge >= 0.3 is 0 Å². The van der Waals surface area contributed by atoms with E-state index in [-0.39, 0.29) is 18.0 Å². The molecule has 1 fully saturated rings. The molecule has 0 spiro atoms. The second-order valence-electron chi connectivity index (χ2n) is 5.73. The number of nitrogens with zero attached hydrogens (tertiary/aromatic N) is 3. The number of carbonyl (C=O) groups is 1. The summed E-state index contributed by atoms with van der Waals surface area (Å²) in [6.07, 6.45) is 6.41. The maximum Gasteiger partial charge on any atom is 0.276 e. The molecular formula is C16H20N4O2. The number of carbonyl (C=O) groups excluding carboxylic acids is 1. The minimum atomic E-state index is -0.106. The summed E-state index contributed by atoms with van der Waals surface area (Å²) >= 11 is 0. The highest BCUT2D eigenvalue weighted by atomic mass is 16.5. The number of rotatable bonds is 3. The van der Waals surface area contributed by atoms with Crippen LogP contribution < -0.4 is 5.73 Å². The van der Waals surface area contributed by atoms with Crippen molar-refractivity contribution in [3.8, 4) is 11.3 Å². The van der Waals surface area contributed by atoms with E-state index in [2.05, 4.69) is 10.1 Å². The average Bonchev–Trinajstić information content (AvgIpc) is 3.05. The molecule has 0 radical (unpaired) electrons. The smallest absolute Gasteiger partial charge is 0.276 e. The summed E-state index contributed by atoms with van der Waals surface area (Å²) in [5.74, 6) is 0.464. The number of hydrogen-bond donors (Lipinski definition) is 1. The number of piperidine rings is 1. The van der Waals surface area contributed by atoms with Crippen molar-refractivity contribution in [2.24, 2.45) is 5.73 Å². The van der Waals surface area contributed by atoms with Crippen molar-refractivity contribution in [1.29, 1.82) is 0 Å². The van der Waals surface area contributed by atoms with Crippen molar-refractivity contribution >= 4 is 5.91 Å². The van der Waals surface area contributed by atoms with Crippen LogP contribution in [0.1, 0.15) is 36.7 Å². The fourth-order valence-electron chi connectivity index (χ4n) is 2.93. The summed E-state index contributed by atoms with van der Waals surface area (Å²) < 4.78 is 5.30. The summed E-state index contributed by atoms with van der Waals surface area (Å²) in [6.45, 7) is 2.67. The Kier molecular flexibility index (Phi) is 4.20. The Morgan fingerprint density at radius 3 is 2.91 bits per heavy atom. The lowest BCUT2D eigenvalue weighted by Crippen LogP contribution is -2.51. The maximum atomic E-state index is 12.7.